The predicted octanol–water partition coefficient (Wildman–Crippen LogP) is 4.46. The summed E-state index contributed by atoms with van der Waals surface area (Å²) in [5, 5.41) is 6.03. The Hall–Kier alpha value is -3.73. The highest BCUT2D eigenvalue weighted by Gasteiger charge is 2.29. The Morgan fingerprint density at radius 3 is 2.17 bits per heavy atom. The van der Waals surface area contributed by atoms with Gasteiger partial charge in [-0.1, -0.05) is 43.3 Å². The number of nitrogens with one attached hydrogen (secondary N) is 2. The summed E-state index contributed by atoms with van der Waals surface area (Å²) in [6.07, 6.45) is 0.918. The van der Waals surface area contributed by atoms with E-state index in [0.717, 1.165) is 12.1 Å². The van der Waals surface area contributed by atoms with Gasteiger partial charge in [0.25, 0.3) is 0 Å². The summed E-state index contributed by atoms with van der Waals surface area (Å²) >= 11 is 0. The molecule has 3 aromatic rings. The maximum Gasteiger partial charge on any atom is 0.246 e. The molecule has 0 spiro atoms. The minimum absolute atomic E-state index is 0.177. The number of anilines is 2. The van der Waals surface area contributed by atoms with Crippen LogP contribution in [0.4, 0.5) is 11.4 Å². The molecule has 0 aromatic heterocycles. The van der Waals surface area contributed by atoms with Crippen LogP contribution in [-0.2, 0) is 11.2 Å². The summed E-state index contributed by atoms with van der Waals surface area (Å²) in [7, 11) is 0. The number of hydrogen-bond donors (Lipinski definition) is 2. The van der Waals surface area contributed by atoms with Gasteiger partial charge in [-0.3, -0.25) is 14.4 Å². The Kier molecular flexibility index (Phi) is 5.19. The maximum atomic E-state index is 12.8. The molecule has 5 heteroatoms. The third-order valence-corrected chi connectivity index (χ3v) is 5.30. The number of aryl methyl sites for hydroxylation is 1. The van der Waals surface area contributed by atoms with Crippen LogP contribution in [0.2, 0.25) is 0 Å². The standard InChI is InChI=1S/C25H22N2O3/c1-3-16-7-6-8-17(13-16)26-15(2)25(30)27-18-11-12-21-22(14-18)24(29)20-10-5-4-9-19(20)23(21)28/h4-15,26H,3H2,1-2H3,(H,27,30)/t15-/m0/s1. The van der Waals surface area contributed by atoms with E-state index in [1.54, 1.807) is 49.4 Å². The molecule has 4 rings (SSSR count). The van der Waals surface area contributed by atoms with Gasteiger partial charge in [0, 0.05) is 33.6 Å². The Bertz CT molecular complexity index is 1170. The van der Waals surface area contributed by atoms with Crippen LogP contribution in [0.25, 0.3) is 0 Å². The first-order valence-corrected chi connectivity index (χ1v) is 9.96. The second kappa shape index (κ2) is 7.95. The van der Waals surface area contributed by atoms with Gasteiger partial charge in [-0.05, 0) is 49.2 Å². The molecule has 30 heavy (non-hydrogen) atoms. The quantitative estimate of drug-likeness (QED) is 0.520. The van der Waals surface area contributed by atoms with Crippen molar-refractivity contribution >= 4 is 28.8 Å². The smallest absolute Gasteiger partial charge is 0.246 e. The van der Waals surface area contributed by atoms with Crippen LogP contribution in [0.3, 0.4) is 0 Å². The summed E-state index contributed by atoms with van der Waals surface area (Å²) in [6, 6.07) is 19.1. The summed E-state index contributed by atoms with van der Waals surface area (Å²) in [5.74, 6) is -0.616. The van der Waals surface area contributed by atoms with E-state index in [1.807, 2.05) is 24.3 Å². The molecule has 0 saturated heterocycles. The molecule has 1 aliphatic carbocycles. The zero-order valence-corrected chi connectivity index (χ0v) is 16.9. The SMILES string of the molecule is CCc1cccc(N[C@@H](C)C(=O)Nc2ccc3c(c2)C(=O)c2ccccc2C3=O)c1. The van der Waals surface area contributed by atoms with E-state index in [-0.39, 0.29) is 17.5 Å². The second-order valence-corrected chi connectivity index (χ2v) is 7.37. The first kappa shape index (κ1) is 19.6. The van der Waals surface area contributed by atoms with Crippen molar-refractivity contribution in [1.82, 2.24) is 0 Å². The molecule has 2 N–H and O–H groups in total. The van der Waals surface area contributed by atoms with Gasteiger partial charge in [0.15, 0.2) is 11.6 Å². The average Bonchev–Trinajstić information content (AvgIpc) is 2.77. The van der Waals surface area contributed by atoms with Gasteiger partial charge in [-0.15, -0.1) is 0 Å². The van der Waals surface area contributed by atoms with E-state index in [9.17, 15) is 14.4 Å². The number of benzene rings is 3. The van der Waals surface area contributed by atoms with Crippen molar-refractivity contribution in [3.8, 4) is 0 Å². The van der Waals surface area contributed by atoms with Crippen LogP contribution in [0.5, 0.6) is 0 Å². The lowest BCUT2D eigenvalue weighted by Crippen LogP contribution is -2.32. The molecule has 1 amide bonds. The molecule has 0 fully saturated rings. The minimum Gasteiger partial charge on any atom is -0.374 e. The molecule has 1 aliphatic rings. The fourth-order valence-electron chi connectivity index (χ4n) is 3.62. The molecule has 3 aromatic carbocycles. The Morgan fingerprint density at radius 1 is 0.800 bits per heavy atom. The highest BCUT2D eigenvalue weighted by atomic mass is 16.2. The zero-order chi connectivity index (χ0) is 21.3. The molecule has 1 atom stereocenters. The molecule has 0 bridgehead atoms. The van der Waals surface area contributed by atoms with E-state index in [4.69, 9.17) is 0 Å². The molecule has 0 aliphatic heterocycles. The van der Waals surface area contributed by atoms with E-state index >= 15 is 0 Å². The van der Waals surface area contributed by atoms with Gasteiger partial charge in [-0.2, -0.15) is 0 Å². The summed E-state index contributed by atoms with van der Waals surface area (Å²) < 4.78 is 0. The third kappa shape index (κ3) is 3.62. The molecule has 150 valence electrons. The van der Waals surface area contributed by atoms with Crippen molar-refractivity contribution in [2.75, 3.05) is 10.6 Å². The fraction of sp³-hybridized carbons (Fsp3) is 0.160. The Morgan fingerprint density at radius 2 is 1.47 bits per heavy atom. The van der Waals surface area contributed by atoms with Crippen LogP contribution in [0.15, 0.2) is 66.7 Å². The lowest BCUT2D eigenvalue weighted by Gasteiger charge is -2.19. The van der Waals surface area contributed by atoms with Crippen LogP contribution in [0.1, 0.15) is 51.3 Å². The highest BCUT2D eigenvalue weighted by molar-refractivity contribution is 6.28. The van der Waals surface area contributed by atoms with Gasteiger partial charge < -0.3 is 10.6 Å². The zero-order valence-electron chi connectivity index (χ0n) is 16.9. The van der Waals surface area contributed by atoms with Crippen LogP contribution in [0, 0.1) is 0 Å². The summed E-state index contributed by atoms with van der Waals surface area (Å²) in [4.78, 5) is 38.2. The van der Waals surface area contributed by atoms with E-state index in [2.05, 4.69) is 17.6 Å². The number of hydrogen-bond acceptors (Lipinski definition) is 4. The first-order valence-electron chi connectivity index (χ1n) is 9.96. The van der Waals surface area contributed by atoms with Crippen molar-refractivity contribution in [3.05, 3.63) is 94.5 Å². The molecular weight excluding hydrogens is 376 g/mol. The number of fused-ring (bicyclic) bond motifs is 2. The van der Waals surface area contributed by atoms with E-state index in [0.29, 0.717) is 27.9 Å². The Balaban J connectivity index is 1.52. The number of rotatable bonds is 5. The molecule has 0 radical (unpaired) electrons. The predicted molar refractivity (Wildman–Crippen MR) is 117 cm³/mol. The van der Waals surface area contributed by atoms with E-state index < -0.39 is 6.04 Å². The van der Waals surface area contributed by atoms with Crippen LogP contribution < -0.4 is 10.6 Å². The summed E-state index contributed by atoms with van der Waals surface area (Å²) in [6.45, 7) is 3.85. The monoisotopic (exact) mass is 398 g/mol. The van der Waals surface area contributed by atoms with Gasteiger partial charge in [-0.25, -0.2) is 0 Å². The number of carbonyl (C=O) groups is 3. The largest absolute Gasteiger partial charge is 0.374 e. The van der Waals surface area contributed by atoms with Crippen molar-refractivity contribution in [2.24, 2.45) is 0 Å². The summed E-state index contributed by atoms with van der Waals surface area (Å²) in [5.41, 5.74) is 4.02. The van der Waals surface area contributed by atoms with Crippen molar-refractivity contribution in [3.63, 3.8) is 0 Å². The van der Waals surface area contributed by atoms with Crippen LogP contribution >= 0.6 is 0 Å². The average molecular weight is 398 g/mol. The van der Waals surface area contributed by atoms with Gasteiger partial charge >= 0.3 is 0 Å². The van der Waals surface area contributed by atoms with Gasteiger partial charge in [0.05, 0.1) is 0 Å². The van der Waals surface area contributed by atoms with Gasteiger partial charge in [0.2, 0.25) is 5.91 Å². The Labute approximate surface area is 175 Å². The van der Waals surface area contributed by atoms with Gasteiger partial charge in [0.1, 0.15) is 6.04 Å². The van der Waals surface area contributed by atoms with E-state index in [1.165, 1.54) is 5.56 Å². The maximum absolute atomic E-state index is 12.8. The number of amides is 1. The normalized spacial score (nSPS) is 13.3. The molecular formula is C25H22N2O3. The van der Waals surface area contributed by atoms with Crippen molar-refractivity contribution in [1.29, 1.82) is 0 Å². The highest BCUT2D eigenvalue weighted by Crippen LogP contribution is 2.29. The fourth-order valence-corrected chi connectivity index (χ4v) is 3.62. The number of ketones is 2. The molecule has 0 heterocycles. The third-order valence-electron chi connectivity index (χ3n) is 5.30. The van der Waals surface area contributed by atoms with Crippen molar-refractivity contribution < 1.29 is 14.4 Å². The van der Waals surface area contributed by atoms with Crippen LogP contribution in [-0.4, -0.2) is 23.5 Å². The second-order valence-electron chi connectivity index (χ2n) is 7.37. The molecule has 5 nitrogen and oxygen atoms in total. The topological polar surface area (TPSA) is 75.3 Å². The van der Waals surface area contributed by atoms with Crippen molar-refractivity contribution in [2.45, 2.75) is 26.3 Å². The lowest BCUT2D eigenvalue weighted by molar-refractivity contribution is -0.116. The molecule has 0 saturated carbocycles. The number of carbonyl (C=O) groups excluding carboxylic acids is 3. The lowest BCUT2D eigenvalue weighted by atomic mass is 9.84. The molecule has 0 unspecified atom stereocenters. The minimum atomic E-state index is -0.480. The first-order chi connectivity index (χ1) is 14.5.